The first-order valence-corrected chi connectivity index (χ1v) is 3.90. The molecule has 0 aromatic heterocycles. The summed E-state index contributed by atoms with van der Waals surface area (Å²) in [5.41, 5.74) is -0.0619. The lowest BCUT2D eigenvalue weighted by molar-refractivity contribution is -0.0500. The molecular formula is C9H8F2O4. The van der Waals surface area contributed by atoms with Crippen molar-refractivity contribution in [2.75, 3.05) is 7.11 Å². The lowest BCUT2D eigenvalue weighted by atomic mass is 10.2. The molecular weight excluding hydrogens is 210 g/mol. The molecule has 0 unspecified atom stereocenters. The fourth-order valence-electron chi connectivity index (χ4n) is 0.990. The molecule has 15 heavy (non-hydrogen) atoms. The Bertz CT molecular complexity index is 365. The van der Waals surface area contributed by atoms with Crippen LogP contribution in [0.2, 0.25) is 0 Å². The Morgan fingerprint density at radius 1 is 1.40 bits per heavy atom. The van der Waals surface area contributed by atoms with E-state index in [9.17, 15) is 13.6 Å². The van der Waals surface area contributed by atoms with Crippen molar-refractivity contribution in [1.29, 1.82) is 0 Å². The third kappa shape index (κ3) is 3.08. The molecule has 0 heterocycles. The lowest BCUT2D eigenvalue weighted by Crippen LogP contribution is -2.05. The summed E-state index contributed by atoms with van der Waals surface area (Å²) in [5, 5.41) is 9.12. The zero-order chi connectivity index (χ0) is 11.4. The first-order chi connectivity index (χ1) is 7.02. The van der Waals surface area contributed by atoms with E-state index < -0.39 is 12.6 Å². The van der Waals surface area contributed by atoms with Crippen LogP contribution in [0.1, 0.15) is 10.4 Å². The molecule has 0 atom stereocenters. The summed E-state index contributed by atoms with van der Waals surface area (Å²) in [6.07, 6.45) is 0. The Hall–Kier alpha value is -1.85. The summed E-state index contributed by atoms with van der Waals surface area (Å²) in [6, 6.07) is 3.11. The highest BCUT2D eigenvalue weighted by atomic mass is 19.3. The van der Waals surface area contributed by atoms with E-state index in [0.717, 1.165) is 25.3 Å². The number of phenols is 1. The van der Waals surface area contributed by atoms with Gasteiger partial charge in [-0.15, -0.1) is 0 Å². The highest BCUT2D eigenvalue weighted by Crippen LogP contribution is 2.23. The zero-order valence-corrected chi connectivity index (χ0v) is 7.74. The molecule has 1 rings (SSSR count). The van der Waals surface area contributed by atoms with Gasteiger partial charge in [0, 0.05) is 6.07 Å². The summed E-state index contributed by atoms with van der Waals surface area (Å²) in [5.74, 6) is -1.40. The van der Waals surface area contributed by atoms with E-state index >= 15 is 0 Å². The van der Waals surface area contributed by atoms with Crippen molar-refractivity contribution in [1.82, 2.24) is 0 Å². The number of methoxy groups -OCH3 is 1. The molecule has 4 nitrogen and oxygen atoms in total. The van der Waals surface area contributed by atoms with Gasteiger partial charge in [-0.25, -0.2) is 4.79 Å². The number of hydrogen-bond acceptors (Lipinski definition) is 4. The molecule has 1 aromatic carbocycles. The maximum absolute atomic E-state index is 11.8. The maximum atomic E-state index is 11.8. The topological polar surface area (TPSA) is 55.8 Å². The molecule has 0 aliphatic carbocycles. The van der Waals surface area contributed by atoms with Gasteiger partial charge >= 0.3 is 12.6 Å². The Balaban J connectivity index is 2.99. The minimum Gasteiger partial charge on any atom is -0.508 e. The van der Waals surface area contributed by atoms with Crippen molar-refractivity contribution in [3.63, 3.8) is 0 Å². The van der Waals surface area contributed by atoms with E-state index in [1.54, 1.807) is 0 Å². The van der Waals surface area contributed by atoms with Gasteiger partial charge in [0.05, 0.1) is 12.7 Å². The number of carbonyl (C=O) groups is 1. The van der Waals surface area contributed by atoms with Crippen molar-refractivity contribution in [3.8, 4) is 11.5 Å². The van der Waals surface area contributed by atoms with Crippen LogP contribution >= 0.6 is 0 Å². The van der Waals surface area contributed by atoms with Crippen LogP contribution in [-0.4, -0.2) is 24.8 Å². The van der Waals surface area contributed by atoms with Gasteiger partial charge in [-0.3, -0.25) is 0 Å². The molecule has 0 bridgehead atoms. The number of halogens is 2. The van der Waals surface area contributed by atoms with Gasteiger partial charge in [0.25, 0.3) is 0 Å². The number of rotatable bonds is 3. The number of carbonyl (C=O) groups excluding carboxylic acids is 1. The smallest absolute Gasteiger partial charge is 0.387 e. The number of aromatic hydroxyl groups is 1. The van der Waals surface area contributed by atoms with Crippen molar-refractivity contribution < 1.29 is 28.2 Å². The molecule has 0 fully saturated rings. The van der Waals surface area contributed by atoms with E-state index in [1.165, 1.54) is 0 Å². The summed E-state index contributed by atoms with van der Waals surface area (Å²) >= 11 is 0. The van der Waals surface area contributed by atoms with Crippen molar-refractivity contribution in [2.45, 2.75) is 6.61 Å². The molecule has 6 heteroatoms. The largest absolute Gasteiger partial charge is 0.508 e. The van der Waals surface area contributed by atoms with Crippen molar-refractivity contribution >= 4 is 5.97 Å². The number of phenolic OH excluding ortho intramolecular Hbond substituents is 1. The predicted octanol–water partition coefficient (Wildman–Crippen LogP) is 1.78. The summed E-state index contributed by atoms with van der Waals surface area (Å²) in [4.78, 5) is 11.0. The van der Waals surface area contributed by atoms with Crippen LogP contribution in [0.5, 0.6) is 11.5 Å². The fourth-order valence-corrected chi connectivity index (χ4v) is 0.990. The standard InChI is InChI=1S/C9H8F2O4/c1-14-8(13)5-2-6(12)4-7(3-5)15-9(10)11/h2-4,9,12H,1H3. The number of ether oxygens (including phenoxy) is 2. The fraction of sp³-hybridized carbons (Fsp3) is 0.222. The van der Waals surface area contributed by atoms with Gasteiger partial charge < -0.3 is 14.6 Å². The SMILES string of the molecule is COC(=O)c1cc(O)cc(OC(F)F)c1. The Labute approximate surface area is 84.0 Å². The average molecular weight is 218 g/mol. The zero-order valence-electron chi connectivity index (χ0n) is 7.74. The van der Waals surface area contributed by atoms with Crippen LogP contribution < -0.4 is 4.74 Å². The highest BCUT2D eigenvalue weighted by molar-refractivity contribution is 5.90. The molecule has 0 spiro atoms. The first-order valence-electron chi connectivity index (χ1n) is 3.90. The van der Waals surface area contributed by atoms with Gasteiger partial charge in [0.2, 0.25) is 0 Å². The van der Waals surface area contributed by atoms with Crippen LogP contribution in [0.3, 0.4) is 0 Å². The second-order valence-electron chi connectivity index (χ2n) is 2.59. The number of benzene rings is 1. The van der Waals surface area contributed by atoms with Gasteiger partial charge in [-0.1, -0.05) is 0 Å². The second-order valence-corrected chi connectivity index (χ2v) is 2.59. The molecule has 1 N–H and O–H groups in total. The van der Waals surface area contributed by atoms with E-state index in [0.29, 0.717) is 0 Å². The van der Waals surface area contributed by atoms with Crippen LogP contribution in [0.4, 0.5) is 8.78 Å². The summed E-state index contributed by atoms with van der Waals surface area (Å²) in [7, 11) is 1.14. The highest BCUT2D eigenvalue weighted by Gasteiger charge is 2.11. The van der Waals surface area contributed by atoms with Crippen molar-refractivity contribution in [3.05, 3.63) is 23.8 Å². The predicted molar refractivity (Wildman–Crippen MR) is 46.1 cm³/mol. The molecule has 82 valence electrons. The lowest BCUT2D eigenvalue weighted by Gasteiger charge is -2.06. The average Bonchev–Trinajstić information content (AvgIpc) is 2.14. The molecule has 0 saturated heterocycles. The van der Waals surface area contributed by atoms with E-state index in [4.69, 9.17) is 5.11 Å². The van der Waals surface area contributed by atoms with Gasteiger partial charge in [0.1, 0.15) is 11.5 Å². The maximum Gasteiger partial charge on any atom is 0.387 e. The van der Waals surface area contributed by atoms with Crippen LogP contribution in [0.25, 0.3) is 0 Å². The van der Waals surface area contributed by atoms with Gasteiger partial charge in [-0.2, -0.15) is 8.78 Å². The van der Waals surface area contributed by atoms with Crippen molar-refractivity contribution in [2.24, 2.45) is 0 Å². The monoisotopic (exact) mass is 218 g/mol. The second kappa shape index (κ2) is 4.59. The van der Waals surface area contributed by atoms with Crippen LogP contribution in [0.15, 0.2) is 18.2 Å². The Kier molecular flexibility index (Phi) is 3.43. The van der Waals surface area contributed by atoms with E-state index in [2.05, 4.69) is 9.47 Å². The van der Waals surface area contributed by atoms with Gasteiger partial charge in [-0.05, 0) is 12.1 Å². The molecule has 0 saturated carbocycles. The Morgan fingerprint density at radius 2 is 2.07 bits per heavy atom. The van der Waals surface area contributed by atoms with Crippen LogP contribution in [-0.2, 0) is 4.74 Å². The first kappa shape index (κ1) is 11.2. The molecule has 0 amide bonds. The van der Waals surface area contributed by atoms with Crippen LogP contribution in [0, 0.1) is 0 Å². The third-order valence-electron chi connectivity index (χ3n) is 1.54. The third-order valence-corrected chi connectivity index (χ3v) is 1.54. The van der Waals surface area contributed by atoms with E-state index in [1.807, 2.05) is 0 Å². The minimum absolute atomic E-state index is 0.0619. The number of alkyl halides is 2. The molecule has 1 aromatic rings. The quantitative estimate of drug-likeness (QED) is 0.785. The minimum atomic E-state index is -3.02. The summed E-state index contributed by atoms with van der Waals surface area (Å²) < 4.78 is 32.1. The Morgan fingerprint density at radius 3 is 2.60 bits per heavy atom. The number of hydrogen-bond donors (Lipinski definition) is 1. The summed E-state index contributed by atoms with van der Waals surface area (Å²) in [6.45, 7) is -3.02. The van der Waals surface area contributed by atoms with Gasteiger partial charge in [0.15, 0.2) is 0 Å². The molecule has 0 aliphatic rings. The molecule has 0 aliphatic heterocycles. The molecule has 0 radical (unpaired) electrons. The van der Waals surface area contributed by atoms with E-state index in [-0.39, 0.29) is 17.1 Å². The number of esters is 1. The normalized spacial score (nSPS) is 10.1.